The SMILES string of the molecule is CC(C)C[C@@H](N)C(=O)N1C[C@@H]2C[C@@H]1CN2S(=O)(=O)c1cccc(C(F)(F)F)c1. The fourth-order valence-corrected chi connectivity index (χ4v) is 5.70. The number of nitrogens with two attached hydrogens (primary N) is 1. The van der Waals surface area contributed by atoms with E-state index in [4.69, 9.17) is 5.73 Å². The molecular weight excluding hydrogens is 395 g/mol. The molecule has 1 aromatic carbocycles. The molecule has 3 rings (SSSR count). The van der Waals surface area contributed by atoms with Crippen molar-refractivity contribution in [1.29, 1.82) is 0 Å². The third-order valence-corrected chi connectivity index (χ3v) is 7.20. The number of nitrogens with zero attached hydrogens (tertiary/aromatic N) is 2. The lowest BCUT2D eigenvalue weighted by Crippen LogP contribution is -2.54. The van der Waals surface area contributed by atoms with E-state index in [-0.39, 0.29) is 35.9 Å². The number of rotatable bonds is 5. The number of piperazine rings is 1. The van der Waals surface area contributed by atoms with E-state index in [1.54, 1.807) is 4.90 Å². The van der Waals surface area contributed by atoms with E-state index >= 15 is 0 Å². The summed E-state index contributed by atoms with van der Waals surface area (Å²) in [5, 5.41) is 0. The third-order valence-electron chi connectivity index (χ3n) is 5.28. The number of amides is 1. The minimum absolute atomic E-state index is 0.0728. The maximum atomic E-state index is 12.9. The molecule has 2 N–H and O–H groups in total. The van der Waals surface area contributed by atoms with E-state index in [2.05, 4.69) is 0 Å². The largest absolute Gasteiger partial charge is 0.416 e. The first-order valence-electron chi connectivity index (χ1n) is 9.16. The van der Waals surface area contributed by atoms with Crippen molar-refractivity contribution in [3.63, 3.8) is 0 Å². The topological polar surface area (TPSA) is 83.7 Å². The summed E-state index contributed by atoms with van der Waals surface area (Å²) in [6, 6.07) is 2.38. The molecule has 2 bridgehead atoms. The monoisotopic (exact) mass is 419 g/mol. The fraction of sp³-hybridized carbons (Fsp3) is 0.611. The van der Waals surface area contributed by atoms with Crippen molar-refractivity contribution in [2.45, 2.75) is 55.9 Å². The highest BCUT2D eigenvalue weighted by atomic mass is 32.2. The second-order valence-electron chi connectivity index (χ2n) is 7.87. The molecule has 0 aromatic heterocycles. The number of alkyl halides is 3. The third kappa shape index (κ3) is 3.90. The van der Waals surface area contributed by atoms with Crippen LogP contribution < -0.4 is 5.73 Å². The van der Waals surface area contributed by atoms with Gasteiger partial charge in [-0.3, -0.25) is 4.79 Å². The maximum absolute atomic E-state index is 12.9. The smallest absolute Gasteiger partial charge is 0.335 e. The van der Waals surface area contributed by atoms with E-state index in [0.717, 1.165) is 18.2 Å². The molecule has 1 aromatic rings. The van der Waals surface area contributed by atoms with Crippen molar-refractivity contribution >= 4 is 15.9 Å². The van der Waals surface area contributed by atoms with Crippen molar-refractivity contribution in [3.05, 3.63) is 29.8 Å². The molecule has 2 saturated heterocycles. The van der Waals surface area contributed by atoms with Gasteiger partial charge >= 0.3 is 6.18 Å². The summed E-state index contributed by atoms with van der Waals surface area (Å²) < 4.78 is 65.8. The predicted octanol–water partition coefficient (Wildman–Crippen LogP) is 2.05. The standard InChI is InChI=1S/C18H24F3N3O3S/c1-11(2)6-16(22)17(25)23-9-14-8-13(23)10-24(14)28(26,27)15-5-3-4-12(7-15)18(19,20)21/h3-5,7,11,13-14,16H,6,8-10,22H2,1-2H3/t13-,14+,16-/m1/s1. The Morgan fingerprint density at radius 2 is 1.93 bits per heavy atom. The molecule has 1 amide bonds. The van der Waals surface area contributed by atoms with Gasteiger partial charge in [-0.1, -0.05) is 19.9 Å². The molecule has 28 heavy (non-hydrogen) atoms. The molecule has 0 aliphatic carbocycles. The van der Waals surface area contributed by atoms with Crippen LogP contribution in [0.4, 0.5) is 13.2 Å². The number of hydrogen-bond acceptors (Lipinski definition) is 4. The van der Waals surface area contributed by atoms with Crippen molar-refractivity contribution < 1.29 is 26.4 Å². The van der Waals surface area contributed by atoms with Crippen LogP contribution in [0, 0.1) is 5.92 Å². The molecule has 2 fully saturated rings. The molecule has 0 saturated carbocycles. The first kappa shape index (κ1) is 21.1. The zero-order valence-electron chi connectivity index (χ0n) is 15.7. The molecular formula is C18H24F3N3O3S. The normalized spacial score (nSPS) is 24.2. The maximum Gasteiger partial charge on any atom is 0.416 e. The van der Waals surface area contributed by atoms with Crippen LogP contribution in [0.1, 0.15) is 32.3 Å². The van der Waals surface area contributed by atoms with Crippen molar-refractivity contribution in [2.75, 3.05) is 13.1 Å². The van der Waals surface area contributed by atoms with Gasteiger partial charge in [-0.15, -0.1) is 0 Å². The van der Waals surface area contributed by atoms with Crippen LogP contribution in [0.2, 0.25) is 0 Å². The van der Waals surface area contributed by atoms with Crippen molar-refractivity contribution in [1.82, 2.24) is 9.21 Å². The number of carbonyl (C=O) groups is 1. The zero-order valence-corrected chi connectivity index (χ0v) is 16.5. The summed E-state index contributed by atoms with van der Waals surface area (Å²) in [4.78, 5) is 13.8. The van der Waals surface area contributed by atoms with Gasteiger partial charge in [0.2, 0.25) is 15.9 Å². The molecule has 0 spiro atoms. The molecule has 2 aliphatic rings. The molecule has 3 atom stereocenters. The lowest BCUT2D eigenvalue weighted by Gasteiger charge is -2.35. The van der Waals surface area contributed by atoms with E-state index < -0.39 is 33.8 Å². The highest BCUT2D eigenvalue weighted by Crippen LogP contribution is 2.37. The number of likely N-dealkylation sites (tertiary alicyclic amines) is 1. The Bertz CT molecular complexity index is 857. The summed E-state index contributed by atoms with van der Waals surface area (Å²) in [7, 11) is -4.08. The number of sulfonamides is 1. The molecule has 0 unspecified atom stereocenters. The number of carbonyl (C=O) groups excluding carboxylic acids is 1. The zero-order chi connectivity index (χ0) is 20.9. The Morgan fingerprint density at radius 1 is 1.25 bits per heavy atom. The van der Waals surface area contributed by atoms with Gasteiger partial charge in [-0.2, -0.15) is 17.5 Å². The molecule has 2 aliphatic heterocycles. The highest BCUT2D eigenvalue weighted by molar-refractivity contribution is 7.89. The van der Waals surface area contributed by atoms with Crippen LogP contribution in [0.25, 0.3) is 0 Å². The summed E-state index contributed by atoms with van der Waals surface area (Å²) in [5.41, 5.74) is 4.96. The average molecular weight is 419 g/mol. The van der Waals surface area contributed by atoms with E-state index in [1.807, 2.05) is 13.8 Å². The van der Waals surface area contributed by atoms with Crippen LogP contribution in [-0.4, -0.2) is 54.7 Å². The van der Waals surface area contributed by atoms with E-state index in [0.29, 0.717) is 18.9 Å². The number of halogens is 3. The Labute approximate surface area is 162 Å². The van der Waals surface area contributed by atoms with Crippen LogP contribution in [0.15, 0.2) is 29.2 Å². The average Bonchev–Trinajstić information content (AvgIpc) is 3.21. The Kier molecular flexibility index (Phi) is 5.50. The van der Waals surface area contributed by atoms with Crippen LogP contribution in [0.5, 0.6) is 0 Å². The van der Waals surface area contributed by atoms with E-state index in [1.165, 1.54) is 4.31 Å². The summed E-state index contributed by atoms with van der Waals surface area (Å²) in [5.74, 6) is 0.0637. The molecule has 156 valence electrons. The summed E-state index contributed by atoms with van der Waals surface area (Å²) in [6.45, 7) is 4.22. The van der Waals surface area contributed by atoms with Gasteiger partial charge in [0.15, 0.2) is 0 Å². The Morgan fingerprint density at radius 3 is 2.46 bits per heavy atom. The van der Waals surface area contributed by atoms with Crippen LogP contribution in [-0.2, 0) is 21.0 Å². The number of benzene rings is 1. The molecule has 6 nitrogen and oxygen atoms in total. The minimum atomic E-state index is -4.62. The molecule has 10 heteroatoms. The second kappa shape index (κ2) is 7.31. The van der Waals surface area contributed by atoms with Crippen LogP contribution in [0.3, 0.4) is 0 Å². The Balaban J connectivity index is 1.76. The molecule has 2 heterocycles. The predicted molar refractivity (Wildman–Crippen MR) is 96.7 cm³/mol. The Hall–Kier alpha value is -1.65. The van der Waals surface area contributed by atoms with Gasteiger partial charge in [-0.25, -0.2) is 8.42 Å². The molecule has 0 radical (unpaired) electrons. The van der Waals surface area contributed by atoms with Gasteiger partial charge in [0.1, 0.15) is 0 Å². The first-order valence-corrected chi connectivity index (χ1v) is 10.6. The number of fused-ring (bicyclic) bond motifs is 2. The number of hydrogen-bond donors (Lipinski definition) is 1. The highest BCUT2D eigenvalue weighted by Gasteiger charge is 2.50. The van der Waals surface area contributed by atoms with Gasteiger partial charge < -0.3 is 10.6 Å². The van der Waals surface area contributed by atoms with Gasteiger partial charge in [-0.05, 0) is 37.0 Å². The van der Waals surface area contributed by atoms with Gasteiger partial charge in [0.05, 0.1) is 16.5 Å². The van der Waals surface area contributed by atoms with Crippen LogP contribution >= 0.6 is 0 Å². The quantitative estimate of drug-likeness (QED) is 0.792. The van der Waals surface area contributed by atoms with Crippen molar-refractivity contribution in [2.24, 2.45) is 11.7 Å². The van der Waals surface area contributed by atoms with Gasteiger partial charge in [0.25, 0.3) is 0 Å². The van der Waals surface area contributed by atoms with Gasteiger partial charge in [0, 0.05) is 25.2 Å². The van der Waals surface area contributed by atoms with Crippen molar-refractivity contribution in [3.8, 4) is 0 Å². The first-order chi connectivity index (χ1) is 12.9. The summed E-state index contributed by atoms with van der Waals surface area (Å²) >= 11 is 0. The lowest BCUT2D eigenvalue weighted by molar-refractivity contribution is -0.138. The summed E-state index contributed by atoms with van der Waals surface area (Å²) in [6.07, 6.45) is -3.61. The lowest BCUT2D eigenvalue weighted by atomic mass is 10.0. The van der Waals surface area contributed by atoms with E-state index in [9.17, 15) is 26.4 Å². The minimum Gasteiger partial charge on any atom is -0.335 e. The second-order valence-corrected chi connectivity index (χ2v) is 9.76. The fourth-order valence-electron chi connectivity index (χ4n) is 3.98.